The summed E-state index contributed by atoms with van der Waals surface area (Å²) in [6, 6.07) is 1.75. The summed E-state index contributed by atoms with van der Waals surface area (Å²) >= 11 is 0. The Bertz CT molecular complexity index is 1060. The summed E-state index contributed by atoms with van der Waals surface area (Å²) in [5, 5.41) is 17.4. The monoisotopic (exact) mass is 426 g/mol. The molecule has 11 heteroatoms. The van der Waals surface area contributed by atoms with Crippen molar-refractivity contribution in [2.75, 3.05) is 36.5 Å². The van der Waals surface area contributed by atoms with Gasteiger partial charge in [0.05, 0.1) is 24.8 Å². The van der Waals surface area contributed by atoms with Crippen molar-refractivity contribution in [2.24, 2.45) is 5.92 Å². The predicted molar refractivity (Wildman–Crippen MR) is 114 cm³/mol. The molecule has 31 heavy (non-hydrogen) atoms. The maximum absolute atomic E-state index is 11.5. The first-order valence-electron chi connectivity index (χ1n) is 10.4. The molecule has 1 atom stereocenters. The van der Waals surface area contributed by atoms with E-state index in [1.807, 2.05) is 23.4 Å². The number of aliphatic carboxylic acids is 1. The molecule has 0 aliphatic carbocycles. The van der Waals surface area contributed by atoms with E-state index >= 15 is 0 Å². The first-order valence-corrected chi connectivity index (χ1v) is 10.4. The Balaban J connectivity index is 1.76. The minimum atomic E-state index is -0.787. The average molecular weight is 426 g/mol. The molecule has 0 bridgehead atoms. The fourth-order valence-electron chi connectivity index (χ4n) is 3.75. The van der Waals surface area contributed by atoms with Crippen molar-refractivity contribution in [2.45, 2.75) is 33.2 Å². The van der Waals surface area contributed by atoms with Crippen molar-refractivity contribution in [1.29, 1.82) is 0 Å². The van der Waals surface area contributed by atoms with Crippen LogP contribution in [-0.4, -0.2) is 67.1 Å². The first kappa shape index (κ1) is 20.9. The van der Waals surface area contributed by atoms with Crippen LogP contribution < -0.4 is 10.2 Å². The minimum absolute atomic E-state index is 0.380. The van der Waals surface area contributed by atoms with E-state index in [0.717, 1.165) is 23.1 Å². The number of aryl methyl sites for hydroxylation is 1. The van der Waals surface area contributed by atoms with Crippen molar-refractivity contribution >= 4 is 34.6 Å². The Kier molecular flexibility index (Phi) is 6.21. The van der Waals surface area contributed by atoms with Crippen LogP contribution in [-0.2, 0) is 16.1 Å². The second kappa shape index (κ2) is 9.21. The number of hydrogen-bond acceptors (Lipinski definition) is 9. The first-order chi connectivity index (χ1) is 15.1. The number of carbonyl (C=O) groups is 1. The highest BCUT2D eigenvalue weighted by Gasteiger charge is 2.28. The van der Waals surface area contributed by atoms with Gasteiger partial charge in [0.15, 0.2) is 5.82 Å². The largest absolute Gasteiger partial charge is 0.481 e. The van der Waals surface area contributed by atoms with Crippen LogP contribution in [0, 0.1) is 12.8 Å². The van der Waals surface area contributed by atoms with Crippen LogP contribution in [0.3, 0.4) is 0 Å². The molecule has 4 rings (SSSR count). The molecule has 0 aromatic carbocycles. The van der Waals surface area contributed by atoms with Gasteiger partial charge >= 0.3 is 5.97 Å². The molecule has 4 heterocycles. The lowest BCUT2D eigenvalue weighted by atomic mass is 9.99. The van der Waals surface area contributed by atoms with Crippen molar-refractivity contribution in [3.8, 4) is 0 Å². The Labute approximate surface area is 179 Å². The van der Waals surface area contributed by atoms with Crippen LogP contribution in [0.4, 0.5) is 17.6 Å². The fraction of sp³-hybridized carbons (Fsp3) is 0.500. The summed E-state index contributed by atoms with van der Waals surface area (Å²) in [7, 11) is 0. The van der Waals surface area contributed by atoms with Crippen LogP contribution >= 0.6 is 0 Å². The summed E-state index contributed by atoms with van der Waals surface area (Å²) in [6.07, 6.45) is 4.55. The van der Waals surface area contributed by atoms with Crippen molar-refractivity contribution in [3.05, 3.63) is 24.3 Å². The van der Waals surface area contributed by atoms with Crippen molar-refractivity contribution in [1.82, 2.24) is 29.7 Å². The lowest BCUT2D eigenvalue weighted by Gasteiger charge is -2.31. The quantitative estimate of drug-likeness (QED) is 0.516. The van der Waals surface area contributed by atoms with E-state index in [1.165, 1.54) is 6.33 Å². The van der Waals surface area contributed by atoms with Gasteiger partial charge in [-0.3, -0.25) is 9.48 Å². The molecule has 3 aromatic rings. The third-order valence-electron chi connectivity index (χ3n) is 5.28. The Morgan fingerprint density at radius 2 is 2.26 bits per heavy atom. The number of carboxylic acid groups (broad SMARTS) is 1. The Morgan fingerprint density at radius 1 is 1.39 bits per heavy atom. The number of piperidine rings is 1. The molecular formula is C20H26N8O3. The highest BCUT2D eigenvalue weighted by atomic mass is 16.5. The molecule has 164 valence electrons. The molecule has 1 saturated heterocycles. The van der Waals surface area contributed by atoms with E-state index in [9.17, 15) is 9.90 Å². The molecule has 0 saturated carbocycles. The second-order valence-corrected chi connectivity index (χ2v) is 7.42. The van der Waals surface area contributed by atoms with Gasteiger partial charge in [-0.25, -0.2) is 15.0 Å². The number of rotatable bonds is 8. The van der Waals surface area contributed by atoms with Gasteiger partial charge in [0.25, 0.3) is 0 Å². The van der Waals surface area contributed by atoms with Crippen molar-refractivity contribution < 1.29 is 14.6 Å². The molecule has 0 spiro atoms. The van der Waals surface area contributed by atoms with E-state index in [4.69, 9.17) is 14.7 Å². The van der Waals surface area contributed by atoms with Crippen LogP contribution in [0.2, 0.25) is 0 Å². The number of nitrogens with one attached hydrogen (secondary N) is 1. The molecule has 1 fully saturated rings. The third kappa shape index (κ3) is 4.55. The summed E-state index contributed by atoms with van der Waals surface area (Å²) in [5.74, 6) is 0.431. The normalized spacial score (nSPS) is 16.6. The average Bonchev–Trinajstić information content (AvgIpc) is 3.10. The fourth-order valence-corrected chi connectivity index (χ4v) is 3.75. The molecular weight excluding hydrogens is 400 g/mol. The SMILES string of the molecule is CCOCCn1nc(C)c2nc(N3CCC[C@@H](C(=O)O)C3)nc(Nc3ccncn3)c21. The Hall–Kier alpha value is -3.34. The van der Waals surface area contributed by atoms with Gasteiger partial charge in [-0.05, 0) is 32.8 Å². The molecule has 2 N–H and O–H groups in total. The molecule has 3 aromatic heterocycles. The second-order valence-electron chi connectivity index (χ2n) is 7.42. The maximum Gasteiger partial charge on any atom is 0.308 e. The van der Waals surface area contributed by atoms with Gasteiger partial charge in [-0.1, -0.05) is 0 Å². The van der Waals surface area contributed by atoms with Crippen molar-refractivity contribution in [3.63, 3.8) is 0 Å². The molecule has 1 aliphatic heterocycles. The maximum atomic E-state index is 11.5. The number of fused-ring (bicyclic) bond motifs is 1. The topological polar surface area (TPSA) is 131 Å². The summed E-state index contributed by atoms with van der Waals surface area (Å²) in [6.45, 7) is 6.65. The van der Waals surface area contributed by atoms with Gasteiger partial charge in [0.1, 0.15) is 23.2 Å². The van der Waals surface area contributed by atoms with E-state index in [1.54, 1.807) is 12.3 Å². The summed E-state index contributed by atoms with van der Waals surface area (Å²) in [4.78, 5) is 31.2. The predicted octanol–water partition coefficient (Wildman–Crippen LogP) is 2.01. The smallest absolute Gasteiger partial charge is 0.308 e. The van der Waals surface area contributed by atoms with E-state index in [-0.39, 0.29) is 0 Å². The van der Waals surface area contributed by atoms with E-state index in [0.29, 0.717) is 56.9 Å². The number of aromatic nitrogens is 6. The van der Waals surface area contributed by atoms with Crippen LogP contribution in [0.15, 0.2) is 18.6 Å². The zero-order valence-corrected chi connectivity index (χ0v) is 17.7. The summed E-state index contributed by atoms with van der Waals surface area (Å²) in [5.41, 5.74) is 2.24. The zero-order chi connectivity index (χ0) is 21.8. The Morgan fingerprint density at radius 3 is 3.00 bits per heavy atom. The standard InChI is InChI=1S/C20H26N8O3/c1-3-31-10-9-28-17-16(13(2)26-28)24-20(27-8-4-5-14(11-27)19(29)30)25-18(17)23-15-6-7-21-12-22-15/h6-7,12,14H,3-5,8-11H2,1-2H3,(H,29,30)(H,21,22,23,24,25)/t14-/m1/s1. The third-order valence-corrected chi connectivity index (χ3v) is 5.28. The lowest BCUT2D eigenvalue weighted by molar-refractivity contribution is -0.141. The molecule has 11 nitrogen and oxygen atoms in total. The van der Waals surface area contributed by atoms with E-state index in [2.05, 4.69) is 20.4 Å². The van der Waals surface area contributed by atoms with Gasteiger partial charge in [0.2, 0.25) is 5.95 Å². The van der Waals surface area contributed by atoms with Gasteiger partial charge in [-0.2, -0.15) is 10.1 Å². The molecule has 0 radical (unpaired) electrons. The summed E-state index contributed by atoms with van der Waals surface area (Å²) < 4.78 is 7.34. The number of hydrogen-bond donors (Lipinski definition) is 2. The zero-order valence-electron chi connectivity index (χ0n) is 17.7. The van der Waals surface area contributed by atoms with Gasteiger partial charge in [-0.15, -0.1) is 0 Å². The number of anilines is 3. The molecule has 1 aliphatic rings. The van der Waals surface area contributed by atoms with Gasteiger partial charge < -0.3 is 20.1 Å². The van der Waals surface area contributed by atoms with Crippen LogP contribution in [0.1, 0.15) is 25.5 Å². The highest BCUT2D eigenvalue weighted by molar-refractivity contribution is 5.90. The van der Waals surface area contributed by atoms with E-state index < -0.39 is 11.9 Å². The van der Waals surface area contributed by atoms with Crippen LogP contribution in [0.5, 0.6) is 0 Å². The van der Waals surface area contributed by atoms with Gasteiger partial charge in [0, 0.05) is 25.9 Å². The van der Waals surface area contributed by atoms with Crippen LogP contribution in [0.25, 0.3) is 11.0 Å². The number of carboxylic acids is 1. The molecule has 0 unspecified atom stereocenters. The number of ether oxygens (including phenoxy) is 1. The lowest BCUT2D eigenvalue weighted by Crippen LogP contribution is -2.39. The highest BCUT2D eigenvalue weighted by Crippen LogP contribution is 2.29. The molecule has 0 amide bonds. The number of nitrogens with zero attached hydrogens (tertiary/aromatic N) is 7. The minimum Gasteiger partial charge on any atom is -0.481 e.